The van der Waals surface area contributed by atoms with Crippen molar-refractivity contribution in [2.75, 3.05) is 0 Å². The van der Waals surface area contributed by atoms with Gasteiger partial charge < -0.3 is 5.11 Å². The second kappa shape index (κ2) is 8.96. The van der Waals surface area contributed by atoms with Gasteiger partial charge >= 0.3 is 12.1 Å². The number of carbonyl (C=O) groups excluding carboxylic acids is 2. The minimum atomic E-state index is -4.58. The molecule has 1 heterocycles. The van der Waals surface area contributed by atoms with Gasteiger partial charge in [-0.2, -0.15) is 13.2 Å². The summed E-state index contributed by atoms with van der Waals surface area (Å²) in [4.78, 5) is 37.4. The zero-order valence-corrected chi connectivity index (χ0v) is 17.0. The van der Waals surface area contributed by atoms with Crippen LogP contribution in [0, 0.1) is 17.8 Å². The van der Waals surface area contributed by atoms with Crippen molar-refractivity contribution in [2.24, 2.45) is 17.8 Å². The Hall–Kier alpha value is -2.09. The van der Waals surface area contributed by atoms with Crippen LogP contribution in [0.1, 0.15) is 44.1 Å². The number of carboxylic acids is 1. The fourth-order valence-electron chi connectivity index (χ4n) is 4.58. The Bertz CT molecular complexity index is 823. The molecule has 2 aliphatic rings. The maximum absolute atomic E-state index is 13.6. The molecule has 0 spiro atoms. The van der Waals surface area contributed by atoms with Crippen LogP contribution in [0.5, 0.6) is 0 Å². The molecular weight excluding hydrogens is 423 g/mol. The van der Waals surface area contributed by atoms with Gasteiger partial charge in [-0.05, 0) is 36.8 Å². The molecule has 0 unspecified atom stereocenters. The van der Waals surface area contributed by atoms with E-state index in [1.807, 2.05) is 0 Å². The zero-order valence-electron chi connectivity index (χ0n) is 16.2. The van der Waals surface area contributed by atoms with E-state index in [2.05, 4.69) is 0 Å². The third kappa shape index (κ3) is 4.63. The van der Waals surface area contributed by atoms with Crippen molar-refractivity contribution in [2.45, 2.75) is 57.2 Å². The highest BCUT2D eigenvalue weighted by atomic mass is 35.5. The van der Waals surface area contributed by atoms with E-state index < -0.39 is 54.2 Å². The molecule has 1 aliphatic carbocycles. The van der Waals surface area contributed by atoms with Gasteiger partial charge in [0.05, 0.1) is 11.8 Å². The SMILES string of the molecule is O=C(O)[C@@H]1[C@@H](Cc2ccccc2Cl)C(=O)N1C(=O)C[C@@H](C1CCCCC1)C(F)(F)F. The molecule has 1 N–H and O–H groups in total. The number of hydrogen-bond acceptors (Lipinski definition) is 3. The van der Waals surface area contributed by atoms with Gasteiger partial charge in [-0.25, -0.2) is 4.79 Å². The fraction of sp³-hybridized carbons (Fsp3) is 0.571. The molecule has 1 saturated carbocycles. The molecule has 0 radical (unpaired) electrons. The largest absolute Gasteiger partial charge is 0.480 e. The van der Waals surface area contributed by atoms with Gasteiger partial charge in [-0.3, -0.25) is 14.5 Å². The molecule has 0 aromatic heterocycles. The van der Waals surface area contributed by atoms with E-state index in [9.17, 15) is 32.7 Å². The lowest BCUT2D eigenvalue weighted by Crippen LogP contribution is -2.67. The van der Waals surface area contributed by atoms with Crippen molar-refractivity contribution in [1.29, 1.82) is 0 Å². The first-order chi connectivity index (χ1) is 14.1. The van der Waals surface area contributed by atoms with Gasteiger partial charge in [-0.1, -0.05) is 49.1 Å². The van der Waals surface area contributed by atoms with Crippen molar-refractivity contribution in [3.05, 3.63) is 34.9 Å². The van der Waals surface area contributed by atoms with Crippen molar-refractivity contribution in [1.82, 2.24) is 4.90 Å². The van der Waals surface area contributed by atoms with E-state index in [1.165, 1.54) is 0 Å². The number of benzene rings is 1. The van der Waals surface area contributed by atoms with Crippen LogP contribution >= 0.6 is 11.6 Å². The standard InChI is InChI=1S/C21H23ClF3NO4/c22-16-9-5-4-8-13(16)10-14-18(20(29)30)26(19(14)28)17(27)11-15(21(23,24)25)12-6-2-1-3-7-12/h4-5,8-9,12,14-15,18H,1-3,6-7,10-11H2,(H,29,30)/t14-,15+,18+/m1/s1. The second-order valence-electron chi connectivity index (χ2n) is 8.04. The molecule has 164 valence electrons. The number of amides is 2. The summed E-state index contributed by atoms with van der Waals surface area (Å²) in [5.41, 5.74) is 0.547. The topological polar surface area (TPSA) is 74.7 Å². The van der Waals surface area contributed by atoms with E-state index >= 15 is 0 Å². The molecule has 3 rings (SSSR count). The van der Waals surface area contributed by atoms with Gasteiger partial charge in [-0.15, -0.1) is 0 Å². The minimum absolute atomic E-state index is 0.00454. The maximum Gasteiger partial charge on any atom is 0.392 e. The lowest BCUT2D eigenvalue weighted by molar-refractivity contribution is -0.200. The summed E-state index contributed by atoms with van der Waals surface area (Å²) in [5.74, 6) is -6.84. The van der Waals surface area contributed by atoms with Crippen LogP contribution < -0.4 is 0 Å². The molecule has 30 heavy (non-hydrogen) atoms. The van der Waals surface area contributed by atoms with Gasteiger partial charge in [0.1, 0.15) is 6.04 Å². The highest BCUT2D eigenvalue weighted by Crippen LogP contribution is 2.43. The summed E-state index contributed by atoms with van der Waals surface area (Å²) < 4.78 is 40.9. The lowest BCUT2D eigenvalue weighted by atomic mass is 9.77. The number of β-lactam (4-membered cyclic amide) rings is 1. The van der Waals surface area contributed by atoms with Crippen LogP contribution in [0.4, 0.5) is 13.2 Å². The Kier molecular flexibility index (Phi) is 6.75. The molecule has 1 aliphatic heterocycles. The number of nitrogens with zero attached hydrogens (tertiary/aromatic N) is 1. The number of imide groups is 1. The number of likely N-dealkylation sites (tertiary alicyclic amines) is 1. The molecular formula is C21H23ClF3NO4. The Morgan fingerprint density at radius 1 is 1.17 bits per heavy atom. The summed E-state index contributed by atoms with van der Waals surface area (Å²) in [5, 5.41) is 9.88. The summed E-state index contributed by atoms with van der Waals surface area (Å²) in [6.07, 6.45) is -2.51. The Balaban J connectivity index is 1.75. The highest BCUT2D eigenvalue weighted by molar-refractivity contribution is 6.31. The van der Waals surface area contributed by atoms with Crippen molar-refractivity contribution >= 4 is 29.4 Å². The van der Waals surface area contributed by atoms with Crippen LogP contribution in [0.25, 0.3) is 0 Å². The molecule has 5 nitrogen and oxygen atoms in total. The molecule has 2 amide bonds. The third-order valence-corrected chi connectivity index (χ3v) is 6.54. The van der Waals surface area contributed by atoms with Crippen LogP contribution in [0.2, 0.25) is 5.02 Å². The van der Waals surface area contributed by atoms with Gasteiger partial charge in [0, 0.05) is 11.4 Å². The van der Waals surface area contributed by atoms with Crippen LogP contribution in [-0.4, -0.2) is 40.0 Å². The Morgan fingerprint density at radius 3 is 2.37 bits per heavy atom. The summed E-state index contributed by atoms with van der Waals surface area (Å²) in [6.45, 7) is 0. The van der Waals surface area contributed by atoms with Crippen molar-refractivity contribution in [3.63, 3.8) is 0 Å². The number of carbonyl (C=O) groups is 3. The smallest absolute Gasteiger partial charge is 0.392 e. The van der Waals surface area contributed by atoms with Gasteiger partial charge in [0.2, 0.25) is 11.8 Å². The first-order valence-electron chi connectivity index (χ1n) is 10.00. The molecule has 1 aromatic carbocycles. The number of aliphatic carboxylic acids is 1. The average Bonchev–Trinajstić information content (AvgIpc) is 2.68. The molecule has 0 bridgehead atoms. The van der Waals surface area contributed by atoms with E-state index in [4.69, 9.17) is 11.6 Å². The number of carboxylic acid groups (broad SMARTS) is 1. The number of hydrogen-bond donors (Lipinski definition) is 1. The fourth-order valence-corrected chi connectivity index (χ4v) is 4.79. The molecule has 1 saturated heterocycles. The monoisotopic (exact) mass is 445 g/mol. The predicted molar refractivity (Wildman–Crippen MR) is 103 cm³/mol. The zero-order chi connectivity index (χ0) is 22.1. The van der Waals surface area contributed by atoms with Gasteiger partial charge in [0.15, 0.2) is 0 Å². The van der Waals surface area contributed by atoms with E-state index in [1.54, 1.807) is 24.3 Å². The summed E-state index contributed by atoms with van der Waals surface area (Å²) >= 11 is 6.06. The average molecular weight is 446 g/mol. The second-order valence-corrected chi connectivity index (χ2v) is 8.44. The Labute approximate surface area is 177 Å². The predicted octanol–water partition coefficient (Wildman–Crippen LogP) is 4.47. The van der Waals surface area contributed by atoms with Gasteiger partial charge in [0.25, 0.3) is 0 Å². The molecule has 1 aromatic rings. The van der Waals surface area contributed by atoms with E-state index in [0.29, 0.717) is 41.2 Å². The first-order valence-corrected chi connectivity index (χ1v) is 10.4. The van der Waals surface area contributed by atoms with Crippen molar-refractivity contribution < 1.29 is 32.7 Å². The van der Waals surface area contributed by atoms with Crippen LogP contribution in [0.15, 0.2) is 24.3 Å². The van der Waals surface area contributed by atoms with Crippen LogP contribution in [0.3, 0.4) is 0 Å². The number of rotatable bonds is 6. The van der Waals surface area contributed by atoms with E-state index in [0.717, 1.165) is 6.42 Å². The van der Waals surface area contributed by atoms with Crippen LogP contribution in [-0.2, 0) is 20.8 Å². The lowest BCUT2D eigenvalue weighted by Gasteiger charge is -2.44. The summed E-state index contributed by atoms with van der Waals surface area (Å²) in [7, 11) is 0. The highest BCUT2D eigenvalue weighted by Gasteiger charge is 2.56. The minimum Gasteiger partial charge on any atom is -0.480 e. The maximum atomic E-state index is 13.6. The molecule has 3 atom stereocenters. The molecule has 2 fully saturated rings. The van der Waals surface area contributed by atoms with E-state index in [-0.39, 0.29) is 6.42 Å². The summed E-state index contributed by atoms with van der Waals surface area (Å²) in [6, 6.07) is 5.11. The third-order valence-electron chi connectivity index (χ3n) is 6.17. The Morgan fingerprint density at radius 2 is 1.80 bits per heavy atom. The first kappa shape index (κ1) is 22.6. The molecule has 9 heteroatoms. The number of alkyl halides is 3. The normalized spacial score (nSPS) is 23.7. The number of halogens is 4. The van der Waals surface area contributed by atoms with Crippen molar-refractivity contribution in [3.8, 4) is 0 Å². The quantitative estimate of drug-likeness (QED) is 0.655.